The quantitative estimate of drug-likeness (QED) is 0.865. The number of sulfone groups is 1. The molecule has 0 spiro atoms. The van der Waals surface area contributed by atoms with Crippen LogP contribution < -0.4 is 5.32 Å². The molecule has 0 aromatic rings. The third-order valence-corrected chi connectivity index (χ3v) is 4.99. The molecule has 6 heteroatoms. The van der Waals surface area contributed by atoms with Crippen LogP contribution in [0, 0.1) is 11.8 Å². The molecule has 1 aliphatic rings. The van der Waals surface area contributed by atoms with Crippen molar-refractivity contribution in [3.8, 4) is 0 Å². The highest BCUT2D eigenvalue weighted by atomic mass is 32.2. The second kappa shape index (κ2) is 6.99. The molecule has 0 bridgehead atoms. The van der Waals surface area contributed by atoms with Gasteiger partial charge in [0.25, 0.3) is 0 Å². The monoisotopic (exact) mass is 319 g/mol. The Morgan fingerprint density at radius 2 is 1.76 bits per heavy atom. The lowest BCUT2D eigenvalue weighted by Gasteiger charge is -2.32. The average molecular weight is 319 g/mol. The van der Waals surface area contributed by atoms with Gasteiger partial charge < -0.3 is 10.1 Å². The van der Waals surface area contributed by atoms with Crippen molar-refractivity contribution in [2.75, 3.05) is 12.0 Å². The predicted octanol–water partition coefficient (Wildman–Crippen LogP) is 2.75. The summed E-state index contributed by atoms with van der Waals surface area (Å²) >= 11 is 0. The molecule has 1 amide bonds. The van der Waals surface area contributed by atoms with E-state index in [9.17, 15) is 13.2 Å². The predicted molar refractivity (Wildman–Crippen MR) is 84.0 cm³/mol. The van der Waals surface area contributed by atoms with E-state index in [-0.39, 0.29) is 23.8 Å². The van der Waals surface area contributed by atoms with Crippen molar-refractivity contribution in [2.24, 2.45) is 11.8 Å². The largest absolute Gasteiger partial charge is 0.444 e. The molecule has 0 aromatic carbocycles. The van der Waals surface area contributed by atoms with Gasteiger partial charge in [0.1, 0.15) is 15.4 Å². The minimum atomic E-state index is -2.92. The lowest BCUT2D eigenvalue weighted by atomic mass is 9.79. The highest BCUT2D eigenvalue weighted by molar-refractivity contribution is 7.90. The SMILES string of the molecule is CC(CS(C)(=O)=O)C1CCC(NC(=O)OC(C)(C)C)CC1. The molecule has 1 fully saturated rings. The fourth-order valence-corrected chi connectivity index (χ4v) is 4.15. The van der Waals surface area contributed by atoms with Gasteiger partial charge >= 0.3 is 6.09 Å². The van der Waals surface area contributed by atoms with Crippen molar-refractivity contribution in [1.29, 1.82) is 0 Å². The Balaban J connectivity index is 2.37. The number of hydrogen-bond acceptors (Lipinski definition) is 4. The van der Waals surface area contributed by atoms with Crippen LogP contribution in [0.15, 0.2) is 0 Å². The third kappa shape index (κ3) is 7.69. The normalized spacial score (nSPS) is 25.2. The molecule has 1 saturated carbocycles. The number of amides is 1. The summed E-state index contributed by atoms with van der Waals surface area (Å²) in [4.78, 5) is 11.7. The van der Waals surface area contributed by atoms with Crippen molar-refractivity contribution in [3.05, 3.63) is 0 Å². The summed E-state index contributed by atoms with van der Waals surface area (Å²) in [5, 5.41) is 2.90. The molecule has 5 nitrogen and oxygen atoms in total. The van der Waals surface area contributed by atoms with Gasteiger partial charge in [-0.25, -0.2) is 13.2 Å². The maximum Gasteiger partial charge on any atom is 0.407 e. The molecule has 1 rings (SSSR count). The van der Waals surface area contributed by atoms with E-state index in [2.05, 4.69) is 5.32 Å². The minimum Gasteiger partial charge on any atom is -0.444 e. The molecule has 1 unspecified atom stereocenters. The van der Waals surface area contributed by atoms with E-state index in [1.807, 2.05) is 27.7 Å². The smallest absolute Gasteiger partial charge is 0.407 e. The van der Waals surface area contributed by atoms with Gasteiger partial charge in [-0.2, -0.15) is 0 Å². The highest BCUT2D eigenvalue weighted by Crippen LogP contribution is 2.31. The molecule has 1 N–H and O–H groups in total. The highest BCUT2D eigenvalue weighted by Gasteiger charge is 2.28. The van der Waals surface area contributed by atoms with Crippen LogP contribution in [0.2, 0.25) is 0 Å². The summed E-state index contributed by atoms with van der Waals surface area (Å²) in [6.45, 7) is 7.54. The Morgan fingerprint density at radius 3 is 2.19 bits per heavy atom. The van der Waals surface area contributed by atoms with Crippen molar-refractivity contribution < 1.29 is 17.9 Å². The zero-order chi connectivity index (χ0) is 16.3. The minimum absolute atomic E-state index is 0.140. The zero-order valence-corrected chi connectivity index (χ0v) is 14.6. The molecule has 0 saturated heterocycles. The Bertz CT molecular complexity index is 445. The molecule has 0 aromatic heterocycles. The van der Waals surface area contributed by atoms with Gasteiger partial charge in [-0.15, -0.1) is 0 Å². The van der Waals surface area contributed by atoms with Crippen molar-refractivity contribution in [1.82, 2.24) is 5.32 Å². The third-order valence-electron chi connectivity index (χ3n) is 3.86. The summed E-state index contributed by atoms with van der Waals surface area (Å²) in [7, 11) is -2.92. The van der Waals surface area contributed by atoms with Gasteiger partial charge in [0.2, 0.25) is 0 Å². The number of rotatable bonds is 4. The van der Waals surface area contributed by atoms with Crippen LogP contribution in [-0.4, -0.2) is 38.2 Å². The molecule has 21 heavy (non-hydrogen) atoms. The van der Waals surface area contributed by atoms with E-state index >= 15 is 0 Å². The molecule has 1 aliphatic carbocycles. The Labute approximate surface area is 128 Å². The lowest BCUT2D eigenvalue weighted by Crippen LogP contribution is -2.41. The Hall–Kier alpha value is -0.780. The maximum absolute atomic E-state index is 11.7. The second-order valence-corrected chi connectivity index (χ2v) is 9.51. The number of hydrogen-bond donors (Lipinski definition) is 1. The van der Waals surface area contributed by atoms with E-state index in [0.717, 1.165) is 25.7 Å². The first kappa shape index (κ1) is 18.3. The number of carbonyl (C=O) groups excluding carboxylic acids is 1. The Kier molecular flexibility index (Phi) is 6.08. The summed E-state index contributed by atoms with van der Waals surface area (Å²) in [5.41, 5.74) is -0.481. The van der Waals surface area contributed by atoms with Crippen LogP contribution in [-0.2, 0) is 14.6 Å². The van der Waals surface area contributed by atoms with Crippen LogP contribution in [0.5, 0.6) is 0 Å². The van der Waals surface area contributed by atoms with Crippen molar-refractivity contribution >= 4 is 15.9 Å². The first-order chi connectivity index (χ1) is 9.46. The van der Waals surface area contributed by atoms with Gasteiger partial charge in [-0.1, -0.05) is 6.92 Å². The summed E-state index contributed by atoms with van der Waals surface area (Å²) in [5.74, 6) is 0.862. The molecule has 124 valence electrons. The molecule has 0 heterocycles. The molecular formula is C15H29NO4S. The molecular weight excluding hydrogens is 290 g/mol. The van der Waals surface area contributed by atoms with E-state index in [0.29, 0.717) is 5.92 Å². The summed E-state index contributed by atoms with van der Waals surface area (Å²) < 4.78 is 28.0. The summed E-state index contributed by atoms with van der Waals surface area (Å²) in [6.07, 6.45) is 4.61. The lowest BCUT2D eigenvalue weighted by molar-refractivity contribution is 0.0484. The van der Waals surface area contributed by atoms with Crippen LogP contribution >= 0.6 is 0 Å². The fourth-order valence-electron chi connectivity index (χ4n) is 2.92. The van der Waals surface area contributed by atoms with Crippen LogP contribution in [0.4, 0.5) is 4.79 Å². The molecule has 0 aliphatic heterocycles. The van der Waals surface area contributed by atoms with Crippen LogP contribution in [0.1, 0.15) is 53.4 Å². The van der Waals surface area contributed by atoms with Crippen molar-refractivity contribution in [3.63, 3.8) is 0 Å². The number of nitrogens with one attached hydrogen (secondary N) is 1. The van der Waals surface area contributed by atoms with E-state index in [4.69, 9.17) is 4.74 Å². The van der Waals surface area contributed by atoms with E-state index < -0.39 is 15.4 Å². The van der Waals surface area contributed by atoms with Crippen LogP contribution in [0.3, 0.4) is 0 Å². The fraction of sp³-hybridized carbons (Fsp3) is 0.933. The zero-order valence-electron chi connectivity index (χ0n) is 13.8. The van der Waals surface area contributed by atoms with Gasteiger partial charge in [-0.05, 0) is 58.3 Å². The number of carbonyl (C=O) groups is 1. The second-order valence-electron chi connectivity index (χ2n) is 7.33. The average Bonchev–Trinajstić information content (AvgIpc) is 2.24. The molecule has 0 radical (unpaired) electrons. The maximum atomic E-state index is 11.7. The van der Waals surface area contributed by atoms with E-state index in [1.165, 1.54) is 6.26 Å². The number of ether oxygens (including phenoxy) is 1. The van der Waals surface area contributed by atoms with Gasteiger partial charge in [0, 0.05) is 12.3 Å². The van der Waals surface area contributed by atoms with Gasteiger partial charge in [0.05, 0.1) is 5.75 Å². The van der Waals surface area contributed by atoms with Gasteiger partial charge in [-0.3, -0.25) is 0 Å². The van der Waals surface area contributed by atoms with Crippen LogP contribution in [0.25, 0.3) is 0 Å². The standard InChI is InChI=1S/C15H29NO4S/c1-11(10-21(5,18)19)12-6-8-13(9-7-12)16-14(17)20-15(2,3)4/h11-13H,6-10H2,1-5H3,(H,16,17). The van der Waals surface area contributed by atoms with Crippen molar-refractivity contribution in [2.45, 2.75) is 65.0 Å². The first-order valence-electron chi connectivity index (χ1n) is 7.63. The number of alkyl carbamates (subject to hydrolysis) is 1. The van der Waals surface area contributed by atoms with E-state index in [1.54, 1.807) is 0 Å². The first-order valence-corrected chi connectivity index (χ1v) is 9.69. The molecule has 1 atom stereocenters. The summed E-state index contributed by atoms with van der Waals surface area (Å²) in [6, 6.07) is 0.140. The topological polar surface area (TPSA) is 72.5 Å². The Morgan fingerprint density at radius 1 is 1.24 bits per heavy atom. The van der Waals surface area contributed by atoms with Gasteiger partial charge in [0.15, 0.2) is 0 Å².